The van der Waals surface area contributed by atoms with Crippen LogP contribution >= 0.6 is 0 Å². The molecule has 0 aliphatic rings. The predicted molar refractivity (Wildman–Crippen MR) is 57.2 cm³/mol. The van der Waals surface area contributed by atoms with Gasteiger partial charge < -0.3 is 10.1 Å². The number of hydrogen-bond acceptors (Lipinski definition) is 6. The number of aromatic nitrogens is 3. The van der Waals surface area contributed by atoms with E-state index in [-0.39, 0.29) is 0 Å². The van der Waals surface area contributed by atoms with Crippen LogP contribution in [0.3, 0.4) is 0 Å². The second-order valence-corrected chi connectivity index (χ2v) is 3.24. The molecule has 0 unspecified atom stereocenters. The van der Waals surface area contributed by atoms with Crippen molar-refractivity contribution in [3.8, 4) is 5.88 Å². The minimum atomic E-state index is 0.559. The Bertz CT molecular complexity index is 452. The Morgan fingerprint density at radius 2 is 2.25 bits per heavy atom. The van der Waals surface area contributed by atoms with E-state index in [4.69, 9.17) is 4.74 Å². The zero-order valence-corrected chi connectivity index (χ0v) is 9.10. The SMILES string of the molecule is COc1ccc(NCc2nonc2C)cn1. The van der Waals surface area contributed by atoms with Crippen molar-refractivity contribution >= 4 is 5.69 Å². The van der Waals surface area contributed by atoms with Crippen LogP contribution in [0.5, 0.6) is 5.88 Å². The maximum atomic E-state index is 4.96. The third kappa shape index (κ3) is 2.28. The van der Waals surface area contributed by atoms with Gasteiger partial charge in [-0.1, -0.05) is 10.3 Å². The summed E-state index contributed by atoms with van der Waals surface area (Å²) >= 11 is 0. The van der Waals surface area contributed by atoms with Crippen molar-refractivity contribution < 1.29 is 9.37 Å². The molecule has 0 atom stereocenters. The molecule has 2 heterocycles. The van der Waals surface area contributed by atoms with Gasteiger partial charge in [-0.2, -0.15) is 0 Å². The van der Waals surface area contributed by atoms with Gasteiger partial charge in [0.15, 0.2) is 0 Å². The van der Waals surface area contributed by atoms with Crippen molar-refractivity contribution in [2.24, 2.45) is 0 Å². The molecule has 6 heteroatoms. The van der Waals surface area contributed by atoms with E-state index in [1.165, 1.54) is 0 Å². The number of anilines is 1. The number of nitrogens with one attached hydrogen (secondary N) is 1. The molecular weight excluding hydrogens is 208 g/mol. The molecule has 1 N–H and O–H groups in total. The van der Waals surface area contributed by atoms with Crippen molar-refractivity contribution in [2.45, 2.75) is 13.5 Å². The molecular formula is C10H12N4O2. The Labute approximate surface area is 92.6 Å². The van der Waals surface area contributed by atoms with Gasteiger partial charge in [0.25, 0.3) is 0 Å². The van der Waals surface area contributed by atoms with Crippen molar-refractivity contribution in [3.63, 3.8) is 0 Å². The second-order valence-electron chi connectivity index (χ2n) is 3.24. The van der Waals surface area contributed by atoms with E-state index < -0.39 is 0 Å². The third-order valence-corrected chi connectivity index (χ3v) is 2.15. The van der Waals surface area contributed by atoms with Crippen molar-refractivity contribution in [2.75, 3.05) is 12.4 Å². The van der Waals surface area contributed by atoms with Gasteiger partial charge in [0, 0.05) is 6.07 Å². The van der Waals surface area contributed by atoms with E-state index in [9.17, 15) is 0 Å². The highest BCUT2D eigenvalue weighted by atomic mass is 16.6. The molecule has 16 heavy (non-hydrogen) atoms. The van der Waals surface area contributed by atoms with Gasteiger partial charge in [0.05, 0.1) is 25.5 Å². The first-order valence-electron chi connectivity index (χ1n) is 4.81. The Kier molecular flexibility index (Phi) is 3.00. The lowest BCUT2D eigenvalue weighted by molar-refractivity contribution is 0.301. The van der Waals surface area contributed by atoms with E-state index >= 15 is 0 Å². The van der Waals surface area contributed by atoms with E-state index in [1.807, 2.05) is 13.0 Å². The molecule has 2 aromatic heterocycles. The number of rotatable bonds is 4. The summed E-state index contributed by atoms with van der Waals surface area (Å²) in [7, 11) is 1.58. The standard InChI is InChI=1S/C10H12N4O2/c1-7-9(14-16-13-7)6-11-8-3-4-10(15-2)12-5-8/h3-5,11H,6H2,1-2H3. The first kappa shape index (κ1) is 10.4. The van der Waals surface area contributed by atoms with Gasteiger partial charge >= 0.3 is 0 Å². The highest BCUT2D eigenvalue weighted by Gasteiger charge is 2.04. The highest BCUT2D eigenvalue weighted by Crippen LogP contribution is 2.12. The van der Waals surface area contributed by atoms with E-state index in [1.54, 1.807) is 19.4 Å². The molecule has 0 spiro atoms. The van der Waals surface area contributed by atoms with Crippen LogP contribution in [0, 0.1) is 6.92 Å². The Balaban J connectivity index is 1.97. The van der Waals surface area contributed by atoms with Gasteiger partial charge in [-0.3, -0.25) is 0 Å². The highest BCUT2D eigenvalue weighted by molar-refractivity contribution is 5.42. The van der Waals surface area contributed by atoms with Crippen LogP contribution in [0.1, 0.15) is 11.4 Å². The van der Waals surface area contributed by atoms with Gasteiger partial charge in [-0.05, 0) is 13.0 Å². The van der Waals surface area contributed by atoms with Crippen molar-refractivity contribution in [1.82, 2.24) is 15.3 Å². The first-order chi connectivity index (χ1) is 7.79. The Morgan fingerprint density at radius 3 is 2.81 bits per heavy atom. The molecule has 0 aromatic carbocycles. The second kappa shape index (κ2) is 4.61. The molecule has 6 nitrogen and oxygen atoms in total. The maximum absolute atomic E-state index is 4.96. The first-order valence-corrected chi connectivity index (χ1v) is 4.81. The molecule has 0 saturated heterocycles. The Hall–Kier alpha value is -2.11. The van der Waals surface area contributed by atoms with Crippen molar-refractivity contribution in [3.05, 3.63) is 29.7 Å². The average Bonchev–Trinajstić information content (AvgIpc) is 2.73. The zero-order chi connectivity index (χ0) is 11.4. The summed E-state index contributed by atoms with van der Waals surface area (Å²) in [5.74, 6) is 0.588. The topological polar surface area (TPSA) is 73.1 Å². The molecule has 2 rings (SSSR count). The maximum Gasteiger partial charge on any atom is 0.213 e. The fraction of sp³-hybridized carbons (Fsp3) is 0.300. The van der Waals surface area contributed by atoms with Crippen LogP contribution in [0.25, 0.3) is 0 Å². The average molecular weight is 220 g/mol. The number of nitrogens with zero attached hydrogens (tertiary/aromatic N) is 3. The fourth-order valence-corrected chi connectivity index (χ4v) is 1.20. The van der Waals surface area contributed by atoms with Crippen LogP contribution in [0.4, 0.5) is 5.69 Å². The number of hydrogen-bond donors (Lipinski definition) is 1. The molecule has 0 aliphatic carbocycles. The molecule has 0 amide bonds. The largest absolute Gasteiger partial charge is 0.481 e. The normalized spacial score (nSPS) is 10.1. The molecule has 0 radical (unpaired) electrons. The fourth-order valence-electron chi connectivity index (χ4n) is 1.20. The van der Waals surface area contributed by atoms with E-state index in [2.05, 4.69) is 25.2 Å². The van der Waals surface area contributed by atoms with E-state index in [0.717, 1.165) is 17.1 Å². The smallest absolute Gasteiger partial charge is 0.213 e. The molecule has 0 fully saturated rings. The number of methoxy groups -OCH3 is 1. The van der Waals surface area contributed by atoms with Crippen LogP contribution < -0.4 is 10.1 Å². The lowest BCUT2D eigenvalue weighted by atomic mass is 10.3. The minimum absolute atomic E-state index is 0.559. The van der Waals surface area contributed by atoms with Crippen LogP contribution in [0.2, 0.25) is 0 Å². The molecule has 2 aromatic rings. The lowest BCUT2D eigenvalue weighted by Gasteiger charge is -2.04. The summed E-state index contributed by atoms with van der Waals surface area (Å²) in [6.45, 7) is 2.41. The minimum Gasteiger partial charge on any atom is -0.481 e. The zero-order valence-electron chi connectivity index (χ0n) is 9.10. The Morgan fingerprint density at radius 1 is 1.38 bits per heavy atom. The predicted octanol–water partition coefficient (Wildman–Crippen LogP) is 1.39. The van der Waals surface area contributed by atoms with Crippen molar-refractivity contribution in [1.29, 1.82) is 0 Å². The lowest BCUT2D eigenvalue weighted by Crippen LogP contribution is -2.01. The summed E-state index contributed by atoms with van der Waals surface area (Å²) in [4.78, 5) is 4.08. The molecule has 84 valence electrons. The molecule has 0 bridgehead atoms. The summed E-state index contributed by atoms with van der Waals surface area (Å²) in [6, 6.07) is 3.67. The van der Waals surface area contributed by atoms with Gasteiger partial charge in [-0.25, -0.2) is 9.61 Å². The van der Waals surface area contributed by atoms with Gasteiger partial charge in [0.2, 0.25) is 5.88 Å². The van der Waals surface area contributed by atoms with Gasteiger partial charge in [0.1, 0.15) is 11.4 Å². The van der Waals surface area contributed by atoms with E-state index in [0.29, 0.717) is 12.4 Å². The quantitative estimate of drug-likeness (QED) is 0.839. The summed E-state index contributed by atoms with van der Waals surface area (Å²) in [5.41, 5.74) is 2.47. The summed E-state index contributed by atoms with van der Waals surface area (Å²) in [5, 5.41) is 10.6. The molecule has 0 aliphatic heterocycles. The monoisotopic (exact) mass is 220 g/mol. The number of aryl methyl sites for hydroxylation is 1. The van der Waals surface area contributed by atoms with Gasteiger partial charge in [-0.15, -0.1) is 0 Å². The summed E-state index contributed by atoms with van der Waals surface area (Å²) < 4.78 is 9.56. The number of ether oxygens (including phenoxy) is 1. The van der Waals surface area contributed by atoms with Crippen LogP contribution in [-0.4, -0.2) is 22.4 Å². The third-order valence-electron chi connectivity index (χ3n) is 2.15. The number of pyridine rings is 1. The molecule has 0 saturated carbocycles. The van der Waals surface area contributed by atoms with Crippen LogP contribution in [0.15, 0.2) is 23.0 Å². The van der Waals surface area contributed by atoms with Crippen LogP contribution in [-0.2, 0) is 6.54 Å². The summed E-state index contributed by atoms with van der Waals surface area (Å²) in [6.07, 6.45) is 1.70.